The summed E-state index contributed by atoms with van der Waals surface area (Å²) in [5.74, 6) is -0.151. The van der Waals surface area contributed by atoms with Crippen LogP contribution in [0, 0.1) is 16.7 Å². The van der Waals surface area contributed by atoms with E-state index in [0.717, 1.165) is 10.9 Å². The monoisotopic (exact) mass is 393 g/mol. The molecule has 0 unspecified atom stereocenters. The maximum Gasteiger partial charge on any atom is 0.329 e. The molecule has 1 aliphatic heterocycles. The van der Waals surface area contributed by atoms with Crippen molar-refractivity contribution in [1.29, 1.82) is 5.26 Å². The number of ketones is 1. The molecule has 2 aliphatic rings. The first-order valence-corrected chi connectivity index (χ1v) is 13.3. The van der Waals surface area contributed by atoms with Gasteiger partial charge in [0.2, 0.25) is 0 Å². The zero-order valence-electron chi connectivity index (χ0n) is 17.1. The van der Waals surface area contributed by atoms with E-state index in [-0.39, 0.29) is 25.0 Å². The maximum absolute atomic E-state index is 12.9. The van der Waals surface area contributed by atoms with Crippen LogP contribution in [0.4, 0.5) is 4.79 Å². The number of ether oxygens (including phenoxy) is 1. The zero-order chi connectivity index (χ0) is 20.5. The number of Topliss-reactive ketones (excluding diaryl/α,β-unsaturated/α-hetero) is 1. The fourth-order valence-electron chi connectivity index (χ4n) is 3.45. The van der Waals surface area contributed by atoms with Gasteiger partial charge in [-0.1, -0.05) is 19.6 Å². The molecule has 27 heavy (non-hydrogen) atoms. The van der Waals surface area contributed by atoms with Crippen molar-refractivity contribution in [3.63, 3.8) is 0 Å². The van der Waals surface area contributed by atoms with Crippen molar-refractivity contribution in [2.45, 2.75) is 70.8 Å². The van der Waals surface area contributed by atoms with Gasteiger partial charge in [0.05, 0.1) is 11.5 Å². The van der Waals surface area contributed by atoms with Crippen molar-refractivity contribution in [1.82, 2.24) is 9.80 Å². The second-order valence-electron chi connectivity index (χ2n) is 9.44. The number of nitrogens with zero attached hydrogens (tertiary/aromatic N) is 3. The Labute approximate surface area is 162 Å². The largest absolute Gasteiger partial charge is 0.361 e. The minimum atomic E-state index is -1.25. The topological polar surface area (TPSA) is 90.7 Å². The van der Waals surface area contributed by atoms with Crippen molar-refractivity contribution >= 4 is 25.8 Å². The van der Waals surface area contributed by atoms with Crippen molar-refractivity contribution in [3.05, 3.63) is 0 Å². The van der Waals surface area contributed by atoms with Crippen LogP contribution in [0.2, 0.25) is 25.7 Å². The lowest BCUT2D eigenvalue weighted by atomic mass is 9.74. The van der Waals surface area contributed by atoms with Gasteiger partial charge < -0.3 is 9.64 Å². The van der Waals surface area contributed by atoms with Crippen molar-refractivity contribution in [3.8, 4) is 6.07 Å². The lowest BCUT2D eigenvalue weighted by molar-refractivity contribution is -0.135. The molecule has 1 saturated heterocycles. The number of hydrogen-bond donors (Lipinski definition) is 0. The normalized spacial score (nSPS) is 22.3. The average Bonchev–Trinajstić information content (AvgIpc) is 2.74. The van der Waals surface area contributed by atoms with Gasteiger partial charge in [0.15, 0.2) is 0 Å². The van der Waals surface area contributed by atoms with E-state index >= 15 is 0 Å². The summed E-state index contributed by atoms with van der Waals surface area (Å²) in [4.78, 5) is 39.9. The van der Waals surface area contributed by atoms with Crippen LogP contribution in [0.15, 0.2) is 0 Å². The number of nitriles is 1. The second kappa shape index (κ2) is 7.72. The first-order chi connectivity index (χ1) is 12.4. The molecule has 2 rings (SSSR count). The maximum atomic E-state index is 12.9. The van der Waals surface area contributed by atoms with Crippen LogP contribution in [0.5, 0.6) is 0 Å². The summed E-state index contributed by atoms with van der Waals surface area (Å²) in [5, 5.41) is 9.71. The number of imide groups is 1. The Kier molecular flexibility index (Phi) is 6.17. The predicted molar refractivity (Wildman–Crippen MR) is 104 cm³/mol. The van der Waals surface area contributed by atoms with Gasteiger partial charge in [-0.25, -0.2) is 9.69 Å². The summed E-state index contributed by atoms with van der Waals surface area (Å²) < 4.78 is 5.61. The molecule has 0 atom stereocenters. The van der Waals surface area contributed by atoms with Crippen LogP contribution in [0.3, 0.4) is 0 Å². The van der Waals surface area contributed by atoms with Crippen molar-refractivity contribution in [2.24, 2.45) is 5.41 Å². The molecule has 150 valence electrons. The molecule has 0 aromatic rings. The van der Waals surface area contributed by atoms with Gasteiger partial charge in [0.25, 0.3) is 5.91 Å². The Morgan fingerprint density at radius 3 is 2.26 bits per heavy atom. The predicted octanol–water partition coefficient (Wildman–Crippen LogP) is 2.99. The number of amides is 3. The zero-order valence-corrected chi connectivity index (χ0v) is 18.1. The fourth-order valence-corrected chi connectivity index (χ4v) is 4.20. The van der Waals surface area contributed by atoms with Crippen LogP contribution in [-0.4, -0.2) is 61.0 Å². The number of hydrogen-bond acceptors (Lipinski definition) is 5. The summed E-state index contributed by atoms with van der Waals surface area (Å²) in [6.07, 6.45) is 1.58. The average molecular weight is 394 g/mol. The van der Waals surface area contributed by atoms with Gasteiger partial charge in [-0.2, -0.15) is 5.26 Å². The van der Waals surface area contributed by atoms with Crippen LogP contribution in [-0.2, 0) is 14.3 Å². The van der Waals surface area contributed by atoms with Gasteiger partial charge >= 0.3 is 6.03 Å². The Balaban J connectivity index is 2.07. The van der Waals surface area contributed by atoms with Gasteiger partial charge in [0.1, 0.15) is 18.1 Å². The minimum Gasteiger partial charge on any atom is -0.361 e. The number of carbonyl (C=O) groups excluding carboxylic acids is 3. The van der Waals surface area contributed by atoms with E-state index in [1.165, 1.54) is 4.90 Å². The molecule has 0 aromatic carbocycles. The lowest BCUT2D eigenvalue weighted by Gasteiger charge is -2.37. The molecule has 1 saturated carbocycles. The number of urea groups is 1. The van der Waals surface area contributed by atoms with E-state index in [2.05, 4.69) is 25.7 Å². The first-order valence-electron chi connectivity index (χ1n) is 9.56. The highest BCUT2D eigenvalue weighted by molar-refractivity contribution is 6.76. The van der Waals surface area contributed by atoms with E-state index in [1.807, 2.05) is 0 Å². The molecule has 8 heteroatoms. The van der Waals surface area contributed by atoms with Crippen LogP contribution in [0.25, 0.3) is 0 Å². The summed E-state index contributed by atoms with van der Waals surface area (Å²) in [5.41, 5.74) is -1.79. The summed E-state index contributed by atoms with van der Waals surface area (Å²) in [6.45, 7) is 10.8. The Hall–Kier alpha value is -1.72. The molecule has 1 heterocycles. The van der Waals surface area contributed by atoms with Crippen molar-refractivity contribution in [2.75, 3.05) is 19.9 Å². The van der Waals surface area contributed by atoms with Gasteiger partial charge in [-0.05, 0) is 32.7 Å². The lowest BCUT2D eigenvalue weighted by Crippen LogP contribution is -2.50. The summed E-state index contributed by atoms with van der Waals surface area (Å²) in [7, 11) is -1.25. The van der Waals surface area contributed by atoms with E-state index in [0.29, 0.717) is 32.3 Å². The molecule has 3 amide bonds. The molecule has 0 aromatic heterocycles. The van der Waals surface area contributed by atoms with Crippen LogP contribution < -0.4 is 0 Å². The minimum absolute atomic E-state index is 0.0554. The third-order valence-electron chi connectivity index (χ3n) is 5.58. The Bertz CT molecular complexity index is 653. The van der Waals surface area contributed by atoms with E-state index in [4.69, 9.17) is 4.74 Å². The molecular formula is C19H31N3O4Si. The third-order valence-corrected chi connectivity index (χ3v) is 7.29. The SMILES string of the molecule is CC1(C)C(=O)N(COCC[Si](C)(C)C)C(=O)N1CC1(C#N)CCC(=O)CC1. The van der Waals surface area contributed by atoms with Gasteiger partial charge in [0, 0.05) is 34.1 Å². The second-order valence-corrected chi connectivity index (χ2v) is 15.1. The molecule has 7 nitrogen and oxygen atoms in total. The molecule has 0 radical (unpaired) electrons. The van der Waals surface area contributed by atoms with Gasteiger partial charge in [-0.15, -0.1) is 0 Å². The smallest absolute Gasteiger partial charge is 0.329 e. The Morgan fingerprint density at radius 2 is 1.74 bits per heavy atom. The van der Waals surface area contributed by atoms with E-state index in [1.54, 1.807) is 13.8 Å². The summed E-state index contributed by atoms with van der Waals surface area (Å²) in [6, 6.07) is 2.87. The Morgan fingerprint density at radius 1 is 1.15 bits per heavy atom. The molecule has 0 N–H and O–H groups in total. The molecule has 1 aliphatic carbocycles. The first kappa shape index (κ1) is 21.6. The highest BCUT2D eigenvalue weighted by Crippen LogP contribution is 2.39. The highest BCUT2D eigenvalue weighted by atomic mass is 28.3. The summed E-state index contributed by atoms with van der Waals surface area (Å²) >= 11 is 0. The molecule has 2 fully saturated rings. The number of rotatable bonds is 7. The van der Waals surface area contributed by atoms with E-state index in [9.17, 15) is 19.6 Å². The van der Waals surface area contributed by atoms with Crippen LogP contribution >= 0.6 is 0 Å². The number of carbonyl (C=O) groups is 3. The van der Waals surface area contributed by atoms with E-state index < -0.39 is 25.1 Å². The van der Waals surface area contributed by atoms with Gasteiger partial charge in [-0.3, -0.25) is 9.59 Å². The van der Waals surface area contributed by atoms with Crippen molar-refractivity contribution < 1.29 is 19.1 Å². The molecule has 0 spiro atoms. The molecule has 0 bridgehead atoms. The van der Waals surface area contributed by atoms with Crippen LogP contribution in [0.1, 0.15) is 39.5 Å². The highest BCUT2D eigenvalue weighted by Gasteiger charge is 2.54. The third kappa shape index (κ3) is 4.77. The standard InChI is InChI=1S/C19H31N3O4Si/c1-18(2)16(24)21(14-26-10-11-27(3,4)5)17(25)22(18)13-19(12-20)8-6-15(23)7-9-19/h6-11,13-14H2,1-5H3. The fraction of sp³-hybridized carbons (Fsp3) is 0.789. The quantitative estimate of drug-likeness (QED) is 0.377. The molecular weight excluding hydrogens is 362 g/mol.